The van der Waals surface area contributed by atoms with Gasteiger partial charge in [-0.1, -0.05) is 51.1 Å². The zero-order chi connectivity index (χ0) is 31.2. The Hall–Kier alpha value is -3.05. The lowest BCUT2D eigenvalue weighted by molar-refractivity contribution is -0.0365. The molecule has 9 nitrogen and oxygen atoms in total. The highest BCUT2D eigenvalue weighted by molar-refractivity contribution is 6.74. The van der Waals surface area contributed by atoms with Gasteiger partial charge in [-0.2, -0.15) is 20.1 Å². The standard InChI is InChI=1S/C34H49N5O4Si/c1-26(42-25-27-13-8-7-9-14-27)18-22-40-20-12-19-38-35-24-30(36-38)33-29-23-28(43-44(5,6)34(2,3)4)16-17-31(29)39(37-33)32-15-10-11-21-41-32/h7-9,13-14,16-17,23-24,26,32H,10-12,15,18-22,25H2,1-6H3. The minimum absolute atomic E-state index is 0.0780. The monoisotopic (exact) mass is 619 g/mol. The van der Waals surface area contributed by atoms with E-state index in [0.29, 0.717) is 26.4 Å². The van der Waals surface area contributed by atoms with Gasteiger partial charge in [-0.25, -0.2) is 4.68 Å². The normalized spacial score (nSPS) is 16.8. The zero-order valence-corrected chi connectivity index (χ0v) is 28.3. The Morgan fingerprint density at radius 1 is 1.05 bits per heavy atom. The fraction of sp³-hybridized carbons (Fsp3) is 0.559. The smallest absolute Gasteiger partial charge is 0.250 e. The van der Waals surface area contributed by atoms with Gasteiger partial charge in [-0.05, 0) is 80.9 Å². The van der Waals surface area contributed by atoms with Gasteiger partial charge >= 0.3 is 0 Å². The summed E-state index contributed by atoms with van der Waals surface area (Å²) in [6, 6.07) is 16.6. The number of aryl methyl sites for hydroxylation is 1. The van der Waals surface area contributed by atoms with Crippen LogP contribution < -0.4 is 4.43 Å². The van der Waals surface area contributed by atoms with Crippen LogP contribution >= 0.6 is 0 Å². The fourth-order valence-electron chi connectivity index (χ4n) is 5.03. The van der Waals surface area contributed by atoms with Crippen LogP contribution in [0.5, 0.6) is 5.75 Å². The molecule has 0 bridgehead atoms. The van der Waals surface area contributed by atoms with Gasteiger partial charge in [0.1, 0.15) is 17.1 Å². The summed E-state index contributed by atoms with van der Waals surface area (Å²) >= 11 is 0. The summed E-state index contributed by atoms with van der Waals surface area (Å²) in [6.07, 6.45) is 6.72. The molecule has 0 aliphatic carbocycles. The van der Waals surface area contributed by atoms with E-state index < -0.39 is 8.32 Å². The Morgan fingerprint density at radius 3 is 2.61 bits per heavy atom. The minimum Gasteiger partial charge on any atom is -0.543 e. The molecule has 5 rings (SSSR count). The molecule has 2 aromatic heterocycles. The second-order valence-corrected chi connectivity index (χ2v) is 18.1. The van der Waals surface area contributed by atoms with Crippen molar-refractivity contribution in [3.63, 3.8) is 0 Å². The molecule has 0 N–H and O–H groups in total. The van der Waals surface area contributed by atoms with E-state index in [4.69, 9.17) is 28.8 Å². The first kappa shape index (κ1) is 32.3. The Morgan fingerprint density at radius 2 is 1.86 bits per heavy atom. The van der Waals surface area contributed by atoms with Gasteiger partial charge in [0.05, 0.1) is 31.0 Å². The lowest BCUT2D eigenvalue weighted by Crippen LogP contribution is -2.43. The second-order valence-electron chi connectivity index (χ2n) is 13.3. The largest absolute Gasteiger partial charge is 0.543 e. The van der Waals surface area contributed by atoms with Crippen molar-refractivity contribution in [2.45, 2.75) is 103 Å². The third-order valence-corrected chi connectivity index (χ3v) is 13.1. The molecule has 44 heavy (non-hydrogen) atoms. The van der Waals surface area contributed by atoms with E-state index in [9.17, 15) is 0 Å². The molecule has 2 atom stereocenters. The van der Waals surface area contributed by atoms with Crippen molar-refractivity contribution < 1.29 is 18.6 Å². The molecule has 0 saturated carbocycles. The summed E-state index contributed by atoms with van der Waals surface area (Å²) in [4.78, 5) is 1.74. The molecule has 2 aromatic carbocycles. The molecule has 0 amide bonds. The number of rotatable bonds is 14. The van der Waals surface area contributed by atoms with Crippen LogP contribution in [0, 0.1) is 0 Å². The average molecular weight is 620 g/mol. The summed E-state index contributed by atoms with van der Waals surface area (Å²) in [5.74, 6) is 0.874. The van der Waals surface area contributed by atoms with Crippen LogP contribution in [0.15, 0.2) is 54.7 Å². The van der Waals surface area contributed by atoms with Crippen LogP contribution in [0.2, 0.25) is 18.1 Å². The molecular formula is C34H49N5O4Si. The predicted octanol–water partition coefficient (Wildman–Crippen LogP) is 7.78. The lowest BCUT2D eigenvalue weighted by Gasteiger charge is -2.36. The molecule has 0 radical (unpaired) electrons. The Bertz CT molecular complexity index is 1470. The highest BCUT2D eigenvalue weighted by atomic mass is 28.4. The first-order chi connectivity index (χ1) is 21.1. The van der Waals surface area contributed by atoms with Crippen LogP contribution in [0.25, 0.3) is 22.3 Å². The number of hydrogen-bond donors (Lipinski definition) is 0. The first-order valence-electron chi connectivity index (χ1n) is 16.1. The van der Waals surface area contributed by atoms with Gasteiger partial charge in [-0.3, -0.25) is 0 Å². The number of ether oxygens (including phenoxy) is 3. The molecule has 1 aliphatic rings. The number of hydrogen-bond acceptors (Lipinski definition) is 7. The quantitative estimate of drug-likeness (QED) is 0.105. The second kappa shape index (κ2) is 14.4. The molecule has 3 heterocycles. The van der Waals surface area contributed by atoms with Gasteiger partial charge in [0.15, 0.2) is 6.23 Å². The van der Waals surface area contributed by atoms with Crippen molar-refractivity contribution in [2.24, 2.45) is 0 Å². The topological polar surface area (TPSA) is 85.5 Å². The van der Waals surface area contributed by atoms with E-state index in [0.717, 1.165) is 66.8 Å². The SMILES string of the molecule is CC(CCOCCCn1ncc(-c2nn(C3CCCCO3)c3ccc(O[Si](C)(C)C(C)(C)C)cc23)n1)OCc1ccccc1. The van der Waals surface area contributed by atoms with E-state index in [1.54, 1.807) is 4.80 Å². The highest BCUT2D eigenvalue weighted by Crippen LogP contribution is 2.39. The molecule has 238 valence electrons. The maximum atomic E-state index is 6.67. The van der Waals surface area contributed by atoms with Crippen molar-refractivity contribution in [3.8, 4) is 17.1 Å². The molecule has 0 spiro atoms. The van der Waals surface area contributed by atoms with E-state index in [2.05, 4.69) is 76.2 Å². The van der Waals surface area contributed by atoms with E-state index in [-0.39, 0.29) is 17.4 Å². The van der Waals surface area contributed by atoms with Crippen molar-refractivity contribution in [1.29, 1.82) is 0 Å². The van der Waals surface area contributed by atoms with Crippen molar-refractivity contribution in [2.75, 3.05) is 19.8 Å². The summed E-state index contributed by atoms with van der Waals surface area (Å²) in [6.45, 7) is 16.8. The third-order valence-electron chi connectivity index (χ3n) is 8.76. The summed E-state index contributed by atoms with van der Waals surface area (Å²) < 4.78 is 26.6. The number of benzene rings is 2. The van der Waals surface area contributed by atoms with E-state index in [1.807, 2.05) is 29.1 Å². The maximum absolute atomic E-state index is 6.67. The summed E-state index contributed by atoms with van der Waals surface area (Å²) in [7, 11) is -2.00. The molecule has 10 heteroatoms. The highest BCUT2D eigenvalue weighted by Gasteiger charge is 2.39. The van der Waals surface area contributed by atoms with Crippen molar-refractivity contribution in [1.82, 2.24) is 24.8 Å². The number of fused-ring (bicyclic) bond motifs is 1. The third kappa shape index (κ3) is 8.15. The number of nitrogens with zero attached hydrogens (tertiary/aromatic N) is 5. The van der Waals surface area contributed by atoms with Gasteiger partial charge in [0, 0.05) is 25.2 Å². The first-order valence-corrected chi connectivity index (χ1v) is 19.0. The molecule has 1 fully saturated rings. The van der Waals surface area contributed by atoms with Crippen LogP contribution in [-0.2, 0) is 27.4 Å². The van der Waals surface area contributed by atoms with Crippen LogP contribution in [-0.4, -0.2) is 59.0 Å². The van der Waals surface area contributed by atoms with Crippen LogP contribution in [0.4, 0.5) is 0 Å². The van der Waals surface area contributed by atoms with E-state index in [1.165, 1.54) is 5.56 Å². The van der Waals surface area contributed by atoms with Gasteiger partial charge in [-0.15, -0.1) is 0 Å². The van der Waals surface area contributed by atoms with Crippen LogP contribution in [0.3, 0.4) is 0 Å². The molecule has 1 saturated heterocycles. The van der Waals surface area contributed by atoms with Gasteiger partial charge < -0.3 is 18.6 Å². The fourth-order valence-corrected chi connectivity index (χ4v) is 6.05. The molecular weight excluding hydrogens is 570 g/mol. The maximum Gasteiger partial charge on any atom is 0.250 e. The number of aromatic nitrogens is 5. The minimum atomic E-state index is -2.00. The zero-order valence-electron chi connectivity index (χ0n) is 27.3. The Balaban J connectivity index is 1.20. The lowest BCUT2D eigenvalue weighted by atomic mass is 10.1. The predicted molar refractivity (Wildman–Crippen MR) is 176 cm³/mol. The van der Waals surface area contributed by atoms with Crippen molar-refractivity contribution >= 4 is 19.2 Å². The van der Waals surface area contributed by atoms with Crippen molar-refractivity contribution in [3.05, 3.63) is 60.3 Å². The summed E-state index contributed by atoms with van der Waals surface area (Å²) in [5, 5.41) is 15.5. The molecule has 4 aromatic rings. The van der Waals surface area contributed by atoms with Crippen LogP contribution in [0.1, 0.15) is 71.6 Å². The van der Waals surface area contributed by atoms with Gasteiger partial charge in [0.25, 0.3) is 0 Å². The average Bonchev–Trinajstić information content (AvgIpc) is 3.62. The van der Waals surface area contributed by atoms with Gasteiger partial charge in [0.2, 0.25) is 8.32 Å². The Labute approximate surface area is 263 Å². The summed E-state index contributed by atoms with van der Waals surface area (Å²) in [5.41, 5.74) is 3.77. The Kier molecular flexibility index (Phi) is 10.6. The molecule has 2 unspecified atom stereocenters. The molecule has 1 aliphatic heterocycles. The van der Waals surface area contributed by atoms with E-state index >= 15 is 0 Å².